The molecule has 1 fully saturated rings. The standard InChI is InChI=1S/C15H18N6S/c1-9-7-22-15-12(9)14(18-10(2)19-15)21-5-3-11(4-6-21)13-16-8-17-20-13/h7-8,11H,3-6H2,1-2H3,(H,16,17,20). The van der Waals surface area contributed by atoms with Crippen molar-refractivity contribution in [3.8, 4) is 0 Å². The van der Waals surface area contributed by atoms with Gasteiger partial charge in [-0.15, -0.1) is 11.3 Å². The maximum atomic E-state index is 4.73. The van der Waals surface area contributed by atoms with E-state index < -0.39 is 0 Å². The fraction of sp³-hybridized carbons (Fsp3) is 0.467. The summed E-state index contributed by atoms with van der Waals surface area (Å²) in [5.41, 5.74) is 1.27. The number of aromatic amines is 1. The summed E-state index contributed by atoms with van der Waals surface area (Å²) < 4.78 is 0. The number of nitrogens with one attached hydrogen (secondary N) is 1. The van der Waals surface area contributed by atoms with E-state index >= 15 is 0 Å². The number of H-pyrrole nitrogens is 1. The maximum Gasteiger partial charge on any atom is 0.141 e. The molecule has 1 N–H and O–H groups in total. The number of fused-ring (bicyclic) bond motifs is 1. The Morgan fingerprint density at radius 2 is 2.05 bits per heavy atom. The number of piperidine rings is 1. The number of aryl methyl sites for hydroxylation is 2. The van der Waals surface area contributed by atoms with Gasteiger partial charge in [-0.3, -0.25) is 5.10 Å². The molecule has 0 bridgehead atoms. The van der Waals surface area contributed by atoms with Crippen LogP contribution in [0, 0.1) is 13.8 Å². The number of hydrogen-bond acceptors (Lipinski definition) is 6. The summed E-state index contributed by atoms with van der Waals surface area (Å²) in [7, 11) is 0. The van der Waals surface area contributed by atoms with Gasteiger partial charge in [0.25, 0.3) is 0 Å². The highest BCUT2D eigenvalue weighted by Crippen LogP contribution is 2.34. The highest BCUT2D eigenvalue weighted by molar-refractivity contribution is 7.17. The summed E-state index contributed by atoms with van der Waals surface area (Å²) in [5, 5.41) is 10.4. The molecule has 0 radical (unpaired) electrons. The van der Waals surface area contributed by atoms with Gasteiger partial charge in [0.2, 0.25) is 0 Å². The van der Waals surface area contributed by atoms with Crippen molar-refractivity contribution in [3.63, 3.8) is 0 Å². The molecule has 22 heavy (non-hydrogen) atoms. The Labute approximate surface area is 132 Å². The van der Waals surface area contributed by atoms with Gasteiger partial charge in [-0.2, -0.15) is 5.10 Å². The minimum absolute atomic E-state index is 0.473. The van der Waals surface area contributed by atoms with E-state index in [0.717, 1.165) is 48.2 Å². The van der Waals surface area contributed by atoms with E-state index in [4.69, 9.17) is 4.98 Å². The molecule has 0 atom stereocenters. The number of rotatable bonds is 2. The molecule has 0 spiro atoms. The highest BCUT2D eigenvalue weighted by Gasteiger charge is 2.25. The summed E-state index contributed by atoms with van der Waals surface area (Å²) in [6.07, 6.45) is 3.74. The van der Waals surface area contributed by atoms with Crippen molar-refractivity contribution < 1.29 is 0 Å². The third-order valence-electron chi connectivity index (χ3n) is 4.33. The summed E-state index contributed by atoms with van der Waals surface area (Å²) in [4.78, 5) is 17.1. The van der Waals surface area contributed by atoms with E-state index in [1.54, 1.807) is 17.7 Å². The first-order valence-corrected chi connectivity index (χ1v) is 8.43. The lowest BCUT2D eigenvalue weighted by Crippen LogP contribution is -2.34. The van der Waals surface area contributed by atoms with Crippen LogP contribution in [-0.4, -0.2) is 38.2 Å². The monoisotopic (exact) mass is 314 g/mol. The fourth-order valence-corrected chi connectivity index (χ4v) is 4.13. The lowest BCUT2D eigenvalue weighted by molar-refractivity contribution is 0.485. The molecule has 3 aromatic heterocycles. The quantitative estimate of drug-likeness (QED) is 0.787. The van der Waals surface area contributed by atoms with Crippen molar-refractivity contribution in [1.82, 2.24) is 25.1 Å². The second-order valence-corrected chi connectivity index (χ2v) is 6.68. The third-order valence-corrected chi connectivity index (χ3v) is 5.32. The predicted octanol–water partition coefficient (Wildman–Crippen LogP) is 2.81. The van der Waals surface area contributed by atoms with Crippen molar-refractivity contribution in [2.45, 2.75) is 32.6 Å². The Kier molecular flexibility index (Phi) is 3.29. The van der Waals surface area contributed by atoms with Crippen LogP contribution in [0.4, 0.5) is 5.82 Å². The molecule has 0 saturated carbocycles. The predicted molar refractivity (Wildman–Crippen MR) is 87.5 cm³/mol. The summed E-state index contributed by atoms with van der Waals surface area (Å²) in [5.74, 6) is 3.43. The Morgan fingerprint density at radius 1 is 1.23 bits per heavy atom. The molecular formula is C15H18N6S. The molecule has 3 aromatic rings. The number of nitrogens with zero attached hydrogens (tertiary/aromatic N) is 5. The molecule has 1 aliphatic rings. The molecule has 0 aliphatic carbocycles. The average Bonchev–Trinajstić information content (AvgIpc) is 3.17. The number of aromatic nitrogens is 5. The molecule has 6 nitrogen and oxygen atoms in total. The number of thiophene rings is 1. The Bertz CT molecular complexity index is 786. The second kappa shape index (κ2) is 5.31. The molecule has 0 amide bonds. The van der Waals surface area contributed by atoms with Crippen molar-refractivity contribution >= 4 is 27.4 Å². The van der Waals surface area contributed by atoms with Crippen molar-refractivity contribution in [3.05, 3.63) is 28.9 Å². The van der Waals surface area contributed by atoms with Crippen LogP contribution in [0.2, 0.25) is 0 Å². The summed E-state index contributed by atoms with van der Waals surface area (Å²) in [6.45, 7) is 6.10. The SMILES string of the molecule is Cc1nc(N2CCC(c3ncn[nH]3)CC2)c2c(C)csc2n1. The van der Waals surface area contributed by atoms with E-state index in [0.29, 0.717) is 5.92 Å². The number of anilines is 1. The largest absolute Gasteiger partial charge is 0.356 e. The van der Waals surface area contributed by atoms with Crippen LogP contribution in [0.3, 0.4) is 0 Å². The van der Waals surface area contributed by atoms with Gasteiger partial charge >= 0.3 is 0 Å². The lowest BCUT2D eigenvalue weighted by Gasteiger charge is -2.32. The first-order valence-electron chi connectivity index (χ1n) is 7.55. The summed E-state index contributed by atoms with van der Waals surface area (Å²) >= 11 is 1.70. The molecule has 4 rings (SSSR count). The van der Waals surface area contributed by atoms with Crippen molar-refractivity contribution in [2.75, 3.05) is 18.0 Å². The van der Waals surface area contributed by atoms with Crippen LogP contribution in [0.1, 0.15) is 36.0 Å². The molecule has 114 valence electrons. The third kappa shape index (κ3) is 2.25. The van der Waals surface area contributed by atoms with Crippen LogP contribution >= 0.6 is 11.3 Å². The zero-order chi connectivity index (χ0) is 15.1. The van der Waals surface area contributed by atoms with Gasteiger partial charge in [0.15, 0.2) is 0 Å². The van der Waals surface area contributed by atoms with E-state index in [1.807, 2.05) is 6.92 Å². The van der Waals surface area contributed by atoms with E-state index in [2.05, 4.69) is 37.4 Å². The van der Waals surface area contributed by atoms with Crippen molar-refractivity contribution in [2.24, 2.45) is 0 Å². The van der Waals surface area contributed by atoms with Gasteiger partial charge in [-0.25, -0.2) is 15.0 Å². The maximum absolute atomic E-state index is 4.73. The summed E-state index contributed by atoms with van der Waals surface area (Å²) in [6, 6.07) is 0. The van der Waals surface area contributed by atoms with E-state index in [-0.39, 0.29) is 0 Å². The minimum atomic E-state index is 0.473. The molecule has 1 aliphatic heterocycles. The molecule has 0 aromatic carbocycles. The Balaban J connectivity index is 1.62. The van der Waals surface area contributed by atoms with Gasteiger partial charge in [0.1, 0.15) is 28.6 Å². The Hall–Kier alpha value is -2.02. The fourth-order valence-electron chi connectivity index (χ4n) is 3.17. The van der Waals surface area contributed by atoms with Crippen molar-refractivity contribution in [1.29, 1.82) is 0 Å². The zero-order valence-corrected chi connectivity index (χ0v) is 13.5. The molecule has 1 saturated heterocycles. The molecule has 4 heterocycles. The van der Waals surface area contributed by atoms with Crippen LogP contribution in [0.5, 0.6) is 0 Å². The second-order valence-electron chi connectivity index (χ2n) is 5.83. The van der Waals surface area contributed by atoms with Crippen LogP contribution < -0.4 is 4.90 Å². The minimum Gasteiger partial charge on any atom is -0.356 e. The molecule has 0 unspecified atom stereocenters. The van der Waals surface area contributed by atoms with Gasteiger partial charge in [-0.05, 0) is 37.6 Å². The van der Waals surface area contributed by atoms with Gasteiger partial charge in [0.05, 0.1) is 5.39 Å². The average molecular weight is 314 g/mol. The highest BCUT2D eigenvalue weighted by atomic mass is 32.1. The van der Waals surface area contributed by atoms with Crippen LogP contribution in [0.15, 0.2) is 11.7 Å². The molecular weight excluding hydrogens is 296 g/mol. The first-order chi connectivity index (χ1) is 10.7. The normalized spacial score (nSPS) is 16.5. The molecule has 7 heteroatoms. The first kappa shape index (κ1) is 13.6. The van der Waals surface area contributed by atoms with E-state index in [1.165, 1.54) is 10.9 Å². The Morgan fingerprint density at radius 3 is 2.77 bits per heavy atom. The smallest absolute Gasteiger partial charge is 0.141 e. The van der Waals surface area contributed by atoms with Crippen LogP contribution in [-0.2, 0) is 0 Å². The van der Waals surface area contributed by atoms with Gasteiger partial charge in [0, 0.05) is 19.0 Å². The lowest BCUT2D eigenvalue weighted by atomic mass is 9.96. The van der Waals surface area contributed by atoms with E-state index in [9.17, 15) is 0 Å². The van der Waals surface area contributed by atoms with Gasteiger partial charge in [-0.1, -0.05) is 0 Å². The topological polar surface area (TPSA) is 70.6 Å². The van der Waals surface area contributed by atoms with Crippen LogP contribution in [0.25, 0.3) is 10.2 Å². The zero-order valence-electron chi connectivity index (χ0n) is 12.7. The number of hydrogen-bond donors (Lipinski definition) is 1. The van der Waals surface area contributed by atoms with Gasteiger partial charge < -0.3 is 4.90 Å².